The van der Waals surface area contributed by atoms with Crippen LogP contribution in [-0.2, 0) is 0 Å². The van der Waals surface area contributed by atoms with Crippen LogP contribution in [0.2, 0.25) is 0 Å². The number of aromatic nitrogens is 5. The van der Waals surface area contributed by atoms with Crippen molar-refractivity contribution in [3.05, 3.63) is 200 Å². The number of nitrogens with zero attached hydrogens (tertiary/aromatic N) is 5. The molecule has 0 aliphatic heterocycles. The van der Waals surface area contributed by atoms with Gasteiger partial charge in [0.15, 0.2) is 5.82 Å². The lowest BCUT2D eigenvalue weighted by atomic mass is 9.96. The molecule has 0 N–H and O–H groups in total. The van der Waals surface area contributed by atoms with Crippen molar-refractivity contribution in [2.24, 2.45) is 0 Å². The van der Waals surface area contributed by atoms with E-state index in [2.05, 4.69) is 126 Å². The minimum absolute atomic E-state index is 0.688. The quantitative estimate of drug-likeness (QED) is 0.154. The van der Waals surface area contributed by atoms with Crippen LogP contribution in [0.15, 0.2) is 200 Å². The third-order valence-corrected chi connectivity index (χ3v) is 10.2. The first kappa shape index (κ1) is 33.0. The zero-order valence-electron chi connectivity index (χ0n) is 30.3. The molecule has 0 aliphatic rings. The Morgan fingerprint density at radius 2 is 0.750 bits per heavy atom. The van der Waals surface area contributed by atoms with Crippen molar-refractivity contribution in [2.45, 2.75) is 0 Å². The van der Waals surface area contributed by atoms with Gasteiger partial charge < -0.3 is 0 Å². The maximum absolute atomic E-state index is 5.32. The molecule has 0 spiro atoms. The van der Waals surface area contributed by atoms with Crippen LogP contribution in [0.3, 0.4) is 0 Å². The van der Waals surface area contributed by atoms with E-state index in [1.165, 1.54) is 0 Å². The Kier molecular flexibility index (Phi) is 8.43. The molecule has 4 heterocycles. The number of hydrogen-bond donors (Lipinski definition) is 0. The number of fused-ring (bicyclic) bond motifs is 3. The standard InChI is InChI=1S/C51H33N5/c1-4-10-36(11-5-1)44-32-46(54-50-43(44)26-24-41-25-27-45(53-49(41)50)37-12-6-2-7-13-37)38-20-16-34(17-21-38)35-18-22-39(23-19-35)47-33-48(40-28-30-52-31-29-40)56-51(55-47)42-14-8-3-9-15-42/h1-33H. The molecule has 5 nitrogen and oxygen atoms in total. The Morgan fingerprint density at radius 3 is 1.36 bits per heavy atom. The minimum atomic E-state index is 0.688. The van der Waals surface area contributed by atoms with Crippen molar-refractivity contribution < 1.29 is 0 Å². The lowest BCUT2D eigenvalue weighted by Crippen LogP contribution is -1.96. The Morgan fingerprint density at radius 1 is 0.286 bits per heavy atom. The fraction of sp³-hybridized carbons (Fsp3) is 0. The van der Waals surface area contributed by atoms with Crippen LogP contribution < -0.4 is 0 Å². The number of hydrogen-bond acceptors (Lipinski definition) is 5. The van der Waals surface area contributed by atoms with Crippen LogP contribution in [0, 0.1) is 0 Å². The van der Waals surface area contributed by atoms with Gasteiger partial charge in [0.05, 0.1) is 33.8 Å². The highest BCUT2D eigenvalue weighted by atomic mass is 14.9. The van der Waals surface area contributed by atoms with Crippen LogP contribution in [0.4, 0.5) is 0 Å². The second-order valence-corrected chi connectivity index (χ2v) is 13.7. The molecule has 0 atom stereocenters. The average molecular weight is 716 g/mol. The maximum Gasteiger partial charge on any atom is 0.160 e. The van der Waals surface area contributed by atoms with Crippen LogP contribution in [0.25, 0.3) is 100 Å². The third kappa shape index (κ3) is 6.37. The predicted molar refractivity (Wildman–Crippen MR) is 228 cm³/mol. The van der Waals surface area contributed by atoms with Crippen molar-refractivity contribution in [2.75, 3.05) is 0 Å². The van der Waals surface area contributed by atoms with Crippen molar-refractivity contribution in [1.29, 1.82) is 0 Å². The monoisotopic (exact) mass is 715 g/mol. The summed E-state index contributed by atoms with van der Waals surface area (Å²) in [6.45, 7) is 0. The summed E-state index contributed by atoms with van der Waals surface area (Å²) in [5, 5.41) is 2.14. The van der Waals surface area contributed by atoms with E-state index < -0.39 is 0 Å². The molecule has 4 aromatic heterocycles. The van der Waals surface area contributed by atoms with Crippen molar-refractivity contribution in [3.63, 3.8) is 0 Å². The summed E-state index contributed by atoms with van der Waals surface area (Å²) in [7, 11) is 0. The Hall–Kier alpha value is -7.63. The molecule has 0 amide bonds. The third-order valence-electron chi connectivity index (χ3n) is 10.2. The second-order valence-electron chi connectivity index (χ2n) is 13.7. The molecule has 6 aromatic carbocycles. The Balaban J connectivity index is 1.02. The van der Waals surface area contributed by atoms with Gasteiger partial charge in [0.1, 0.15) is 0 Å². The molecule has 10 aromatic rings. The minimum Gasteiger partial charge on any atom is -0.265 e. The predicted octanol–water partition coefficient (Wildman–Crippen LogP) is 12.6. The van der Waals surface area contributed by atoms with Gasteiger partial charge in [-0.3, -0.25) is 4.98 Å². The molecule has 5 heteroatoms. The van der Waals surface area contributed by atoms with Gasteiger partial charge in [-0.2, -0.15) is 0 Å². The fourth-order valence-corrected chi connectivity index (χ4v) is 7.29. The molecule has 0 saturated carbocycles. The van der Waals surface area contributed by atoms with E-state index in [-0.39, 0.29) is 0 Å². The van der Waals surface area contributed by atoms with E-state index >= 15 is 0 Å². The number of pyridine rings is 3. The smallest absolute Gasteiger partial charge is 0.160 e. The molecule has 0 unspecified atom stereocenters. The molecule has 0 aliphatic carbocycles. The van der Waals surface area contributed by atoms with E-state index in [4.69, 9.17) is 19.9 Å². The number of benzene rings is 6. The van der Waals surface area contributed by atoms with Crippen molar-refractivity contribution >= 4 is 21.8 Å². The normalized spacial score (nSPS) is 11.2. The molecular formula is C51H33N5. The maximum atomic E-state index is 5.32. The molecule has 0 saturated heterocycles. The van der Waals surface area contributed by atoms with Gasteiger partial charge in [-0.1, -0.05) is 158 Å². The van der Waals surface area contributed by atoms with E-state index in [9.17, 15) is 0 Å². The molecule has 0 bridgehead atoms. The lowest BCUT2D eigenvalue weighted by Gasteiger charge is -2.13. The summed E-state index contributed by atoms with van der Waals surface area (Å²) in [6.07, 6.45) is 3.58. The number of rotatable bonds is 7. The van der Waals surface area contributed by atoms with Gasteiger partial charge >= 0.3 is 0 Å². The van der Waals surface area contributed by atoms with Gasteiger partial charge in [0.25, 0.3) is 0 Å². The highest BCUT2D eigenvalue weighted by Gasteiger charge is 2.15. The van der Waals surface area contributed by atoms with Crippen LogP contribution in [0.1, 0.15) is 0 Å². The van der Waals surface area contributed by atoms with Crippen molar-refractivity contribution in [3.8, 4) is 78.7 Å². The Labute approximate surface area is 324 Å². The SMILES string of the molecule is c1ccc(-c2ccc3ccc4c(-c5ccccc5)cc(-c5ccc(-c6ccc(-c7cc(-c8ccncc8)nc(-c8ccccc8)n7)cc6)cc5)nc4c3n2)cc1. The molecule has 0 fully saturated rings. The van der Waals surface area contributed by atoms with Crippen LogP contribution in [-0.4, -0.2) is 24.9 Å². The van der Waals surface area contributed by atoms with Crippen LogP contribution in [0.5, 0.6) is 0 Å². The highest BCUT2D eigenvalue weighted by Crippen LogP contribution is 2.37. The van der Waals surface area contributed by atoms with E-state index in [1.54, 1.807) is 12.4 Å². The fourth-order valence-electron chi connectivity index (χ4n) is 7.29. The molecule has 10 rings (SSSR count). The van der Waals surface area contributed by atoms with Gasteiger partial charge in [-0.15, -0.1) is 0 Å². The average Bonchev–Trinajstić information content (AvgIpc) is 3.29. The first-order chi connectivity index (χ1) is 27.7. The first-order valence-corrected chi connectivity index (χ1v) is 18.7. The summed E-state index contributed by atoms with van der Waals surface area (Å²) < 4.78 is 0. The van der Waals surface area contributed by atoms with Gasteiger partial charge in [0.2, 0.25) is 0 Å². The zero-order chi connectivity index (χ0) is 37.3. The summed E-state index contributed by atoms with van der Waals surface area (Å²) in [5.41, 5.74) is 15.0. The highest BCUT2D eigenvalue weighted by molar-refractivity contribution is 6.09. The second kappa shape index (κ2) is 14.3. The summed E-state index contributed by atoms with van der Waals surface area (Å²) in [4.78, 5) is 24.6. The Bertz CT molecular complexity index is 2910. The van der Waals surface area contributed by atoms with E-state index in [0.717, 1.165) is 94.7 Å². The molecule has 262 valence electrons. The first-order valence-electron chi connectivity index (χ1n) is 18.7. The van der Waals surface area contributed by atoms with Gasteiger partial charge in [-0.25, -0.2) is 19.9 Å². The van der Waals surface area contributed by atoms with Gasteiger partial charge in [-0.05, 0) is 52.6 Å². The molecular weight excluding hydrogens is 683 g/mol. The largest absolute Gasteiger partial charge is 0.265 e. The topological polar surface area (TPSA) is 64.5 Å². The zero-order valence-corrected chi connectivity index (χ0v) is 30.3. The summed E-state index contributed by atoms with van der Waals surface area (Å²) in [5.74, 6) is 0.688. The van der Waals surface area contributed by atoms with E-state index in [1.807, 2.05) is 66.7 Å². The van der Waals surface area contributed by atoms with Crippen molar-refractivity contribution in [1.82, 2.24) is 24.9 Å². The molecule has 0 radical (unpaired) electrons. The lowest BCUT2D eigenvalue weighted by molar-refractivity contribution is 1.18. The van der Waals surface area contributed by atoms with Crippen LogP contribution >= 0.6 is 0 Å². The molecule has 56 heavy (non-hydrogen) atoms. The summed E-state index contributed by atoms with van der Waals surface area (Å²) >= 11 is 0. The summed E-state index contributed by atoms with van der Waals surface area (Å²) in [6, 6.07) is 65.0. The van der Waals surface area contributed by atoms with E-state index in [0.29, 0.717) is 5.82 Å². The van der Waals surface area contributed by atoms with Gasteiger partial charge in [0, 0.05) is 51.0 Å².